The molecule has 0 bridgehead atoms. The van der Waals surface area contributed by atoms with E-state index in [1.54, 1.807) is 30.3 Å². The van der Waals surface area contributed by atoms with Crippen LogP contribution in [0.3, 0.4) is 0 Å². The van der Waals surface area contributed by atoms with Crippen molar-refractivity contribution < 1.29 is 9.18 Å². The Kier molecular flexibility index (Phi) is 2.58. The lowest BCUT2D eigenvalue weighted by Crippen LogP contribution is -2.10. The number of carbonyl (C=O) groups is 1. The molecule has 1 N–H and O–H groups in total. The van der Waals surface area contributed by atoms with Crippen LogP contribution in [0.2, 0.25) is 0 Å². The second-order valence-corrected chi connectivity index (χ2v) is 2.23. The molecule has 0 unspecified atom stereocenters. The number of hydrogen-bond donors (Lipinski definition) is 1. The zero-order valence-electron chi connectivity index (χ0n) is 6.38. The van der Waals surface area contributed by atoms with E-state index in [0.29, 0.717) is 5.69 Å². The summed E-state index contributed by atoms with van der Waals surface area (Å²) in [7, 11) is 0. The van der Waals surface area contributed by atoms with Crippen LogP contribution >= 0.6 is 0 Å². The van der Waals surface area contributed by atoms with Crippen LogP contribution in [0.1, 0.15) is 0 Å². The lowest BCUT2D eigenvalue weighted by Gasteiger charge is -2.00. The van der Waals surface area contributed by atoms with E-state index in [1.807, 2.05) is 0 Å². The molecule has 62 valence electrons. The third-order valence-corrected chi connectivity index (χ3v) is 1.28. The van der Waals surface area contributed by atoms with Gasteiger partial charge in [0, 0.05) is 5.69 Å². The second kappa shape index (κ2) is 3.67. The molecule has 0 saturated heterocycles. The number of benzene rings is 1. The van der Waals surface area contributed by atoms with Gasteiger partial charge in [-0.1, -0.05) is 24.8 Å². The SMILES string of the molecule is C=C(F)C(=O)Nc1ccccc1. The van der Waals surface area contributed by atoms with E-state index in [4.69, 9.17) is 0 Å². The first-order chi connectivity index (χ1) is 5.70. The van der Waals surface area contributed by atoms with E-state index in [1.165, 1.54) is 0 Å². The third-order valence-electron chi connectivity index (χ3n) is 1.28. The molecule has 1 amide bonds. The Hall–Kier alpha value is -1.64. The van der Waals surface area contributed by atoms with Crippen molar-refractivity contribution in [2.24, 2.45) is 0 Å². The fourth-order valence-electron chi connectivity index (χ4n) is 0.720. The summed E-state index contributed by atoms with van der Waals surface area (Å²) >= 11 is 0. The van der Waals surface area contributed by atoms with E-state index in [-0.39, 0.29) is 0 Å². The van der Waals surface area contributed by atoms with Gasteiger partial charge >= 0.3 is 0 Å². The highest BCUT2D eigenvalue weighted by atomic mass is 19.1. The van der Waals surface area contributed by atoms with Crippen LogP contribution in [-0.4, -0.2) is 5.91 Å². The zero-order chi connectivity index (χ0) is 8.97. The third kappa shape index (κ3) is 2.20. The smallest absolute Gasteiger partial charge is 0.283 e. The van der Waals surface area contributed by atoms with Crippen molar-refractivity contribution in [3.8, 4) is 0 Å². The molecular weight excluding hydrogens is 157 g/mol. The largest absolute Gasteiger partial charge is 0.320 e. The Morgan fingerprint density at radius 2 is 1.92 bits per heavy atom. The summed E-state index contributed by atoms with van der Waals surface area (Å²) in [6, 6.07) is 8.63. The van der Waals surface area contributed by atoms with Gasteiger partial charge in [0.1, 0.15) is 0 Å². The summed E-state index contributed by atoms with van der Waals surface area (Å²) < 4.78 is 12.2. The number of amides is 1. The molecule has 0 aliphatic rings. The molecule has 1 rings (SSSR count). The van der Waals surface area contributed by atoms with Crippen molar-refractivity contribution in [1.29, 1.82) is 0 Å². The Bertz CT molecular complexity index is 295. The molecule has 0 aromatic heterocycles. The quantitative estimate of drug-likeness (QED) is 0.668. The van der Waals surface area contributed by atoms with E-state index >= 15 is 0 Å². The van der Waals surface area contributed by atoms with Crippen LogP contribution in [0.25, 0.3) is 0 Å². The minimum absolute atomic E-state index is 0.557. The van der Waals surface area contributed by atoms with Crippen LogP contribution in [0.4, 0.5) is 10.1 Å². The van der Waals surface area contributed by atoms with Gasteiger partial charge in [0.05, 0.1) is 0 Å². The van der Waals surface area contributed by atoms with E-state index < -0.39 is 11.7 Å². The van der Waals surface area contributed by atoms with Crippen molar-refractivity contribution in [2.45, 2.75) is 0 Å². The number of para-hydroxylation sites is 1. The lowest BCUT2D eigenvalue weighted by molar-refractivity contribution is -0.114. The molecule has 2 nitrogen and oxygen atoms in total. The Balaban J connectivity index is 2.65. The lowest BCUT2D eigenvalue weighted by atomic mass is 10.3. The van der Waals surface area contributed by atoms with Gasteiger partial charge in [-0.25, -0.2) is 4.39 Å². The van der Waals surface area contributed by atoms with Gasteiger partial charge in [-0.15, -0.1) is 0 Å². The molecule has 0 radical (unpaired) electrons. The topological polar surface area (TPSA) is 29.1 Å². The molecule has 0 saturated carbocycles. The minimum atomic E-state index is -0.987. The summed E-state index contributed by atoms with van der Waals surface area (Å²) in [5.41, 5.74) is 0.557. The Labute approximate surface area is 69.7 Å². The van der Waals surface area contributed by atoms with Crippen molar-refractivity contribution in [2.75, 3.05) is 5.32 Å². The van der Waals surface area contributed by atoms with Crippen molar-refractivity contribution >= 4 is 11.6 Å². The van der Waals surface area contributed by atoms with Crippen molar-refractivity contribution in [1.82, 2.24) is 0 Å². The molecular formula is C9H8FNO. The summed E-state index contributed by atoms with van der Waals surface area (Å²) in [5.74, 6) is -1.79. The molecule has 0 fully saturated rings. The average molecular weight is 165 g/mol. The second-order valence-electron chi connectivity index (χ2n) is 2.23. The first-order valence-electron chi connectivity index (χ1n) is 3.41. The molecule has 0 aliphatic carbocycles. The summed E-state index contributed by atoms with van der Waals surface area (Å²) in [6.07, 6.45) is 0. The van der Waals surface area contributed by atoms with Crippen molar-refractivity contribution in [3.63, 3.8) is 0 Å². The fourth-order valence-corrected chi connectivity index (χ4v) is 0.720. The number of carbonyl (C=O) groups excluding carboxylic acids is 1. The van der Waals surface area contributed by atoms with Gasteiger partial charge in [-0.3, -0.25) is 4.79 Å². The van der Waals surface area contributed by atoms with Gasteiger partial charge in [-0.2, -0.15) is 0 Å². The first kappa shape index (κ1) is 8.46. The van der Waals surface area contributed by atoms with Crippen LogP contribution in [0.15, 0.2) is 42.7 Å². The highest BCUT2D eigenvalue weighted by molar-refractivity contribution is 6.01. The molecule has 0 aliphatic heterocycles. The molecule has 0 spiro atoms. The minimum Gasteiger partial charge on any atom is -0.320 e. The van der Waals surface area contributed by atoms with Gasteiger partial charge in [0.2, 0.25) is 0 Å². The molecule has 1 aromatic rings. The first-order valence-corrected chi connectivity index (χ1v) is 3.41. The number of nitrogens with one attached hydrogen (secondary N) is 1. The fraction of sp³-hybridized carbons (Fsp3) is 0. The standard InChI is InChI=1S/C9H8FNO/c1-7(10)9(12)11-8-5-3-2-4-6-8/h2-6H,1H2,(H,11,12). The zero-order valence-corrected chi connectivity index (χ0v) is 6.38. The van der Waals surface area contributed by atoms with Gasteiger partial charge < -0.3 is 5.32 Å². The average Bonchev–Trinajstić information content (AvgIpc) is 2.06. The van der Waals surface area contributed by atoms with E-state index in [2.05, 4.69) is 11.9 Å². The number of anilines is 1. The number of hydrogen-bond acceptors (Lipinski definition) is 1. The predicted molar refractivity (Wildman–Crippen MR) is 45.3 cm³/mol. The summed E-state index contributed by atoms with van der Waals surface area (Å²) in [4.78, 5) is 10.7. The van der Waals surface area contributed by atoms with E-state index in [9.17, 15) is 9.18 Å². The molecule has 0 heterocycles. The highest BCUT2D eigenvalue weighted by Gasteiger charge is 2.04. The van der Waals surface area contributed by atoms with Crippen LogP contribution in [0.5, 0.6) is 0 Å². The molecule has 12 heavy (non-hydrogen) atoms. The van der Waals surface area contributed by atoms with Crippen LogP contribution in [-0.2, 0) is 4.79 Å². The molecule has 1 aromatic carbocycles. The van der Waals surface area contributed by atoms with Gasteiger partial charge in [-0.05, 0) is 12.1 Å². The summed E-state index contributed by atoms with van der Waals surface area (Å²) in [6.45, 7) is 2.87. The maximum absolute atomic E-state index is 12.2. The van der Waals surface area contributed by atoms with Crippen molar-refractivity contribution in [3.05, 3.63) is 42.7 Å². The van der Waals surface area contributed by atoms with Gasteiger partial charge in [0.15, 0.2) is 5.83 Å². The summed E-state index contributed by atoms with van der Waals surface area (Å²) in [5, 5.41) is 2.33. The maximum atomic E-state index is 12.2. The predicted octanol–water partition coefficient (Wildman–Crippen LogP) is 2.11. The molecule has 3 heteroatoms. The normalized spacial score (nSPS) is 9.08. The van der Waals surface area contributed by atoms with Gasteiger partial charge in [0.25, 0.3) is 5.91 Å². The number of rotatable bonds is 2. The van der Waals surface area contributed by atoms with E-state index in [0.717, 1.165) is 0 Å². The highest BCUT2D eigenvalue weighted by Crippen LogP contribution is 2.06. The monoisotopic (exact) mass is 165 g/mol. The van der Waals surface area contributed by atoms with Crippen LogP contribution < -0.4 is 5.32 Å². The molecule has 0 atom stereocenters. The Morgan fingerprint density at radius 1 is 1.33 bits per heavy atom. The number of halogens is 1. The maximum Gasteiger partial charge on any atom is 0.283 e. The Morgan fingerprint density at radius 3 is 2.42 bits per heavy atom. The van der Waals surface area contributed by atoms with Crippen LogP contribution in [0, 0.1) is 0 Å².